The van der Waals surface area contributed by atoms with Gasteiger partial charge >= 0.3 is 0 Å². The predicted molar refractivity (Wildman–Crippen MR) is 79.7 cm³/mol. The second kappa shape index (κ2) is 4.20. The van der Waals surface area contributed by atoms with Crippen LogP contribution >= 0.6 is 0 Å². The van der Waals surface area contributed by atoms with Gasteiger partial charge in [0, 0.05) is 16.2 Å². The maximum Gasteiger partial charge on any atom is 0.133 e. The van der Waals surface area contributed by atoms with Crippen LogP contribution in [0.2, 0.25) is 0 Å². The first kappa shape index (κ1) is 12.4. The monoisotopic (exact) mass is 267 g/mol. The highest BCUT2D eigenvalue weighted by molar-refractivity contribution is 6.14. The third kappa shape index (κ3) is 1.54. The van der Waals surface area contributed by atoms with E-state index in [0.29, 0.717) is 16.2 Å². The van der Waals surface area contributed by atoms with Crippen molar-refractivity contribution < 1.29 is 10.2 Å². The fourth-order valence-electron chi connectivity index (χ4n) is 2.55. The minimum atomic E-state index is -0.0221. The van der Waals surface area contributed by atoms with Crippen molar-refractivity contribution in [2.45, 2.75) is 13.8 Å². The number of nitrogens with zero attached hydrogens (tertiary/aromatic N) is 1. The maximum absolute atomic E-state index is 10.9. The summed E-state index contributed by atoms with van der Waals surface area (Å²) in [5.74, 6) is 0.0347. The Balaban J connectivity index is 2.64. The van der Waals surface area contributed by atoms with Crippen molar-refractivity contribution >= 4 is 27.2 Å². The van der Waals surface area contributed by atoms with Crippen LogP contribution in [0.4, 0.5) is 5.69 Å². The number of benzene rings is 3. The molecule has 0 saturated heterocycles. The third-order valence-electron chi connectivity index (χ3n) is 3.78. The van der Waals surface area contributed by atoms with Gasteiger partial charge < -0.3 is 10.2 Å². The Morgan fingerprint density at radius 3 is 2.10 bits per heavy atom. The lowest BCUT2D eigenvalue weighted by Gasteiger charge is -2.12. The summed E-state index contributed by atoms with van der Waals surface area (Å²) in [4.78, 5) is 10.9. The fraction of sp³-hybridized carbons (Fsp3) is 0.125. The summed E-state index contributed by atoms with van der Waals surface area (Å²) < 4.78 is 0. The summed E-state index contributed by atoms with van der Waals surface area (Å²) >= 11 is 0. The molecule has 4 nitrogen and oxygen atoms in total. The number of hydrogen-bond donors (Lipinski definition) is 2. The van der Waals surface area contributed by atoms with Crippen LogP contribution in [0.15, 0.2) is 35.5 Å². The molecule has 0 heterocycles. The summed E-state index contributed by atoms with van der Waals surface area (Å²) in [5, 5.41) is 25.6. The zero-order chi connectivity index (χ0) is 14.4. The molecule has 0 fully saturated rings. The van der Waals surface area contributed by atoms with E-state index in [1.807, 2.05) is 19.9 Å². The Morgan fingerprint density at radius 1 is 0.900 bits per heavy atom. The Bertz CT molecular complexity index is 869. The summed E-state index contributed by atoms with van der Waals surface area (Å²) in [6, 6.07) is 8.45. The molecule has 0 saturated carbocycles. The van der Waals surface area contributed by atoms with E-state index < -0.39 is 0 Å². The van der Waals surface area contributed by atoms with Crippen molar-refractivity contribution in [3.05, 3.63) is 46.4 Å². The van der Waals surface area contributed by atoms with E-state index in [1.54, 1.807) is 18.2 Å². The standard InChI is InChI=1S/C16H13NO3/c1-8-6-11-12(7-9(8)2)16(19)14-10(15(11)18)4-3-5-13(14)17-20/h3-7,18-19H,1-2H3. The number of rotatable bonds is 1. The van der Waals surface area contributed by atoms with E-state index in [-0.39, 0.29) is 22.6 Å². The molecule has 20 heavy (non-hydrogen) atoms. The zero-order valence-electron chi connectivity index (χ0n) is 11.1. The summed E-state index contributed by atoms with van der Waals surface area (Å²) in [6.07, 6.45) is 0. The average Bonchev–Trinajstić information content (AvgIpc) is 2.46. The molecule has 4 heteroatoms. The molecule has 0 spiro atoms. The van der Waals surface area contributed by atoms with Crippen LogP contribution < -0.4 is 0 Å². The van der Waals surface area contributed by atoms with Crippen LogP contribution in [-0.4, -0.2) is 10.2 Å². The molecule has 3 aromatic rings. The highest BCUT2D eigenvalue weighted by atomic mass is 16.3. The van der Waals surface area contributed by atoms with Crippen LogP contribution in [0.1, 0.15) is 11.1 Å². The summed E-state index contributed by atoms with van der Waals surface area (Å²) in [6.45, 7) is 3.87. The molecule has 2 N–H and O–H groups in total. The lowest BCUT2D eigenvalue weighted by molar-refractivity contribution is 0.478. The number of hydrogen-bond acceptors (Lipinski definition) is 4. The van der Waals surface area contributed by atoms with E-state index in [4.69, 9.17) is 0 Å². The highest BCUT2D eigenvalue weighted by Crippen LogP contribution is 2.45. The van der Waals surface area contributed by atoms with E-state index in [9.17, 15) is 15.1 Å². The molecule has 0 amide bonds. The van der Waals surface area contributed by atoms with Crippen LogP contribution in [0.5, 0.6) is 11.5 Å². The fourth-order valence-corrected chi connectivity index (χ4v) is 2.55. The quantitative estimate of drug-likeness (QED) is 0.389. The van der Waals surface area contributed by atoms with Gasteiger partial charge in [0.25, 0.3) is 0 Å². The molecule has 0 aliphatic rings. The maximum atomic E-state index is 10.9. The minimum Gasteiger partial charge on any atom is -0.507 e. The van der Waals surface area contributed by atoms with Gasteiger partial charge in [0.15, 0.2) is 0 Å². The molecule has 100 valence electrons. The third-order valence-corrected chi connectivity index (χ3v) is 3.78. The molecule has 0 aliphatic heterocycles. The first-order valence-corrected chi connectivity index (χ1v) is 6.25. The number of phenols is 2. The second-order valence-electron chi connectivity index (χ2n) is 4.97. The lowest BCUT2D eigenvalue weighted by atomic mass is 9.96. The van der Waals surface area contributed by atoms with Gasteiger partial charge in [0.2, 0.25) is 0 Å². The van der Waals surface area contributed by atoms with E-state index >= 15 is 0 Å². The van der Waals surface area contributed by atoms with Crippen LogP contribution in [0.3, 0.4) is 0 Å². The number of nitroso groups, excluding NO2 is 1. The Labute approximate surface area is 115 Å². The van der Waals surface area contributed by atoms with Crippen molar-refractivity contribution in [3.8, 4) is 11.5 Å². The minimum absolute atomic E-state index is 0.0221. The lowest BCUT2D eigenvalue weighted by Crippen LogP contribution is -1.86. The van der Waals surface area contributed by atoms with E-state index in [2.05, 4.69) is 5.18 Å². The largest absolute Gasteiger partial charge is 0.507 e. The predicted octanol–water partition coefficient (Wildman–Crippen LogP) is 4.42. The van der Waals surface area contributed by atoms with Crippen molar-refractivity contribution in [3.63, 3.8) is 0 Å². The molecular formula is C16H13NO3. The van der Waals surface area contributed by atoms with E-state index in [0.717, 1.165) is 11.1 Å². The molecular weight excluding hydrogens is 254 g/mol. The van der Waals surface area contributed by atoms with Crippen molar-refractivity contribution in [1.82, 2.24) is 0 Å². The highest BCUT2D eigenvalue weighted by Gasteiger charge is 2.16. The topological polar surface area (TPSA) is 69.9 Å². The molecule has 0 radical (unpaired) electrons. The number of fused-ring (bicyclic) bond motifs is 2. The van der Waals surface area contributed by atoms with Gasteiger partial charge in [-0.25, -0.2) is 0 Å². The van der Waals surface area contributed by atoms with Crippen LogP contribution in [-0.2, 0) is 0 Å². The van der Waals surface area contributed by atoms with Gasteiger partial charge in [-0.05, 0) is 48.4 Å². The van der Waals surface area contributed by atoms with Gasteiger partial charge in [-0.3, -0.25) is 0 Å². The van der Waals surface area contributed by atoms with Crippen LogP contribution in [0.25, 0.3) is 21.5 Å². The molecule has 3 aromatic carbocycles. The molecule has 0 aliphatic carbocycles. The van der Waals surface area contributed by atoms with Crippen molar-refractivity contribution in [2.75, 3.05) is 0 Å². The Morgan fingerprint density at radius 2 is 1.50 bits per heavy atom. The van der Waals surface area contributed by atoms with Crippen molar-refractivity contribution in [2.24, 2.45) is 5.18 Å². The second-order valence-corrected chi connectivity index (χ2v) is 4.97. The van der Waals surface area contributed by atoms with Gasteiger partial charge in [-0.1, -0.05) is 12.1 Å². The Kier molecular flexibility index (Phi) is 2.61. The van der Waals surface area contributed by atoms with Gasteiger partial charge in [-0.2, -0.15) is 0 Å². The zero-order valence-corrected chi connectivity index (χ0v) is 11.1. The molecule has 0 bridgehead atoms. The van der Waals surface area contributed by atoms with Gasteiger partial charge in [0.1, 0.15) is 17.2 Å². The Hall–Kier alpha value is -2.62. The van der Waals surface area contributed by atoms with Gasteiger partial charge in [0.05, 0.1) is 5.39 Å². The number of aromatic hydroxyl groups is 2. The smallest absolute Gasteiger partial charge is 0.133 e. The summed E-state index contributed by atoms with van der Waals surface area (Å²) in [7, 11) is 0. The molecule has 0 atom stereocenters. The van der Waals surface area contributed by atoms with Gasteiger partial charge in [-0.15, -0.1) is 4.91 Å². The number of phenolic OH excluding ortho intramolecular Hbond substituents is 2. The van der Waals surface area contributed by atoms with E-state index in [1.165, 1.54) is 6.07 Å². The normalized spacial score (nSPS) is 11.1. The SMILES string of the molecule is Cc1cc2c(O)c3cccc(N=O)c3c(O)c2cc1C. The molecule has 0 aromatic heterocycles. The number of aryl methyl sites for hydroxylation is 2. The summed E-state index contributed by atoms with van der Waals surface area (Å²) in [5.41, 5.74) is 2.15. The van der Waals surface area contributed by atoms with Crippen LogP contribution in [0, 0.1) is 18.8 Å². The first-order valence-electron chi connectivity index (χ1n) is 6.25. The molecule has 3 rings (SSSR count). The van der Waals surface area contributed by atoms with Crippen molar-refractivity contribution in [1.29, 1.82) is 0 Å². The average molecular weight is 267 g/mol. The first-order chi connectivity index (χ1) is 9.54. The molecule has 0 unspecified atom stereocenters.